The van der Waals surface area contributed by atoms with Crippen LogP contribution in [-0.2, 0) is 20.4 Å². The topological polar surface area (TPSA) is 74.7 Å². The summed E-state index contributed by atoms with van der Waals surface area (Å²) >= 11 is 0. The first-order valence-corrected chi connectivity index (χ1v) is 9.23. The third kappa shape index (κ3) is 4.53. The van der Waals surface area contributed by atoms with Crippen molar-refractivity contribution in [1.82, 2.24) is 4.90 Å². The maximum absolute atomic E-state index is 12.3. The fourth-order valence-electron chi connectivity index (χ4n) is 3.32. The summed E-state index contributed by atoms with van der Waals surface area (Å²) in [7, 11) is -1.08. The lowest BCUT2D eigenvalue weighted by Crippen LogP contribution is -2.43. The van der Waals surface area contributed by atoms with Gasteiger partial charge in [0.2, 0.25) is 5.91 Å². The van der Waals surface area contributed by atoms with E-state index in [1.54, 1.807) is 4.90 Å². The van der Waals surface area contributed by atoms with Gasteiger partial charge in [-0.3, -0.25) is 13.8 Å². The third-order valence-electron chi connectivity index (χ3n) is 4.72. The van der Waals surface area contributed by atoms with E-state index in [-0.39, 0.29) is 22.8 Å². The van der Waals surface area contributed by atoms with Gasteiger partial charge in [0.25, 0.3) is 0 Å². The summed E-state index contributed by atoms with van der Waals surface area (Å²) in [6, 6.07) is 0. The number of carbonyl (C=O) groups is 2. The highest BCUT2D eigenvalue weighted by atomic mass is 32.2. The number of amides is 1. The van der Waals surface area contributed by atoms with Crippen molar-refractivity contribution in [3.63, 3.8) is 0 Å². The zero-order valence-corrected chi connectivity index (χ0v) is 13.4. The molecule has 1 saturated carbocycles. The van der Waals surface area contributed by atoms with Gasteiger partial charge < -0.3 is 10.0 Å². The van der Waals surface area contributed by atoms with Crippen LogP contribution in [0.1, 0.15) is 45.4 Å². The summed E-state index contributed by atoms with van der Waals surface area (Å²) in [6.45, 7) is 3.14. The Kier molecular flexibility index (Phi) is 5.79. The van der Waals surface area contributed by atoms with Gasteiger partial charge in [-0.1, -0.05) is 19.8 Å². The number of piperidine rings is 1. The zero-order valence-electron chi connectivity index (χ0n) is 12.6. The summed E-state index contributed by atoms with van der Waals surface area (Å²) < 4.78 is 12.3. The van der Waals surface area contributed by atoms with Crippen LogP contribution in [0.2, 0.25) is 0 Å². The minimum absolute atomic E-state index is 0.0737. The molecule has 1 heterocycles. The van der Waals surface area contributed by atoms with E-state index >= 15 is 0 Å². The van der Waals surface area contributed by atoms with E-state index < -0.39 is 16.8 Å². The minimum Gasteiger partial charge on any atom is -0.481 e. The smallest absolute Gasteiger partial charge is 0.306 e. The number of hydrogen-bond donors (Lipinski definition) is 1. The van der Waals surface area contributed by atoms with Crippen molar-refractivity contribution in [2.45, 2.75) is 50.7 Å². The van der Waals surface area contributed by atoms with Crippen molar-refractivity contribution >= 4 is 22.7 Å². The Bertz CT molecular complexity index is 418. The molecule has 5 nitrogen and oxygen atoms in total. The second-order valence-electron chi connectivity index (χ2n) is 6.41. The summed E-state index contributed by atoms with van der Waals surface area (Å²) in [5.41, 5.74) is 0. The normalized spacial score (nSPS) is 29.1. The van der Waals surface area contributed by atoms with Gasteiger partial charge in [0.05, 0.1) is 5.92 Å². The zero-order chi connectivity index (χ0) is 15.4. The Balaban J connectivity index is 1.79. The molecule has 1 N–H and O–H groups in total. The molecule has 1 aliphatic carbocycles. The van der Waals surface area contributed by atoms with Gasteiger partial charge in [0, 0.05) is 29.1 Å². The van der Waals surface area contributed by atoms with Gasteiger partial charge in [-0.2, -0.15) is 0 Å². The molecule has 120 valence electrons. The molecule has 3 unspecified atom stereocenters. The third-order valence-corrected chi connectivity index (χ3v) is 6.43. The summed E-state index contributed by atoms with van der Waals surface area (Å²) in [5.74, 6) is -0.472. The maximum Gasteiger partial charge on any atom is 0.306 e. The van der Waals surface area contributed by atoms with Crippen molar-refractivity contribution < 1.29 is 18.9 Å². The first-order chi connectivity index (χ1) is 9.97. The van der Waals surface area contributed by atoms with Gasteiger partial charge in [-0.15, -0.1) is 0 Å². The number of rotatable bonds is 4. The molecule has 2 fully saturated rings. The largest absolute Gasteiger partial charge is 0.481 e. The molecule has 0 aromatic carbocycles. The molecular weight excluding hydrogens is 290 g/mol. The number of carboxylic acid groups (broad SMARTS) is 1. The second kappa shape index (κ2) is 7.38. The van der Waals surface area contributed by atoms with Crippen molar-refractivity contribution in [2.75, 3.05) is 18.8 Å². The number of carbonyl (C=O) groups excluding carboxylic acids is 1. The molecule has 0 bridgehead atoms. The molecule has 0 spiro atoms. The Morgan fingerprint density at radius 1 is 1.19 bits per heavy atom. The van der Waals surface area contributed by atoms with E-state index in [1.165, 1.54) is 6.42 Å². The number of likely N-dealkylation sites (tertiary alicyclic amines) is 1. The highest BCUT2D eigenvalue weighted by Gasteiger charge is 2.30. The first kappa shape index (κ1) is 16.5. The molecule has 0 radical (unpaired) electrons. The predicted octanol–water partition coefficient (Wildman–Crippen LogP) is 1.64. The van der Waals surface area contributed by atoms with Crippen molar-refractivity contribution in [2.24, 2.45) is 11.8 Å². The minimum atomic E-state index is -1.08. The van der Waals surface area contributed by atoms with Gasteiger partial charge in [-0.05, 0) is 31.6 Å². The SMILES string of the molecule is CC1CCCC(S(=O)CC(=O)N2CCC(C(=O)O)CC2)C1. The van der Waals surface area contributed by atoms with E-state index in [2.05, 4.69) is 6.92 Å². The first-order valence-electron chi connectivity index (χ1n) is 7.85. The number of hydrogen-bond acceptors (Lipinski definition) is 3. The van der Waals surface area contributed by atoms with E-state index in [0.29, 0.717) is 31.8 Å². The molecule has 2 aliphatic rings. The lowest BCUT2D eigenvalue weighted by atomic mass is 9.91. The standard InChI is InChI=1S/C15H25NO4S/c1-11-3-2-4-13(9-11)21(20)10-14(17)16-7-5-12(6-8-16)15(18)19/h11-13H,2-10H2,1H3,(H,18,19). The molecule has 1 aliphatic heterocycles. The molecule has 0 aromatic rings. The predicted molar refractivity (Wildman–Crippen MR) is 81.4 cm³/mol. The Hall–Kier alpha value is -0.910. The van der Waals surface area contributed by atoms with Gasteiger partial charge >= 0.3 is 5.97 Å². The Morgan fingerprint density at radius 3 is 2.43 bits per heavy atom. The fourth-order valence-corrected chi connectivity index (χ4v) is 4.96. The number of nitrogens with zero attached hydrogens (tertiary/aromatic N) is 1. The van der Waals surface area contributed by atoms with Crippen molar-refractivity contribution in [1.29, 1.82) is 0 Å². The van der Waals surface area contributed by atoms with Crippen LogP contribution in [0.15, 0.2) is 0 Å². The quantitative estimate of drug-likeness (QED) is 0.856. The van der Waals surface area contributed by atoms with Crippen LogP contribution >= 0.6 is 0 Å². The highest BCUT2D eigenvalue weighted by molar-refractivity contribution is 7.86. The van der Waals surface area contributed by atoms with Crippen LogP contribution in [0.3, 0.4) is 0 Å². The van der Waals surface area contributed by atoms with E-state index in [1.807, 2.05) is 0 Å². The maximum atomic E-state index is 12.3. The second-order valence-corrected chi connectivity index (χ2v) is 8.13. The van der Waals surface area contributed by atoms with Crippen LogP contribution in [-0.4, -0.2) is 50.2 Å². The lowest BCUT2D eigenvalue weighted by molar-refractivity contribution is -0.145. The summed E-state index contributed by atoms with van der Waals surface area (Å²) in [4.78, 5) is 24.8. The Morgan fingerprint density at radius 2 is 1.86 bits per heavy atom. The summed E-state index contributed by atoms with van der Waals surface area (Å²) in [5, 5.41) is 9.11. The lowest BCUT2D eigenvalue weighted by Gasteiger charge is -2.31. The van der Waals surface area contributed by atoms with Gasteiger partial charge in [-0.25, -0.2) is 0 Å². The average molecular weight is 315 g/mol. The Labute approximate surface area is 128 Å². The molecule has 21 heavy (non-hydrogen) atoms. The molecule has 1 saturated heterocycles. The van der Waals surface area contributed by atoms with Crippen LogP contribution in [0, 0.1) is 11.8 Å². The molecule has 1 amide bonds. The monoisotopic (exact) mass is 315 g/mol. The molecular formula is C15H25NO4S. The molecule has 0 aromatic heterocycles. The molecule has 3 atom stereocenters. The van der Waals surface area contributed by atoms with Gasteiger partial charge in [0.1, 0.15) is 5.75 Å². The van der Waals surface area contributed by atoms with Gasteiger partial charge in [0.15, 0.2) is 0 Å². The van der Waals surface area contributed by atoms with E-state index in [4.69, 9.17) is 5.11 Å². The van der Waals surface area contributed by atoms with Crippen LogP contribution < -0.4 is 0 Å². The summed E-state index contributed by atoms with van der Waals surface area (Å²) in [6.07, 6.45) is 5.24. The fraction of sp³-hybridized carbons (Fsp3) is 0.867. The van der Waals surface area contributed by atoms with E-state index in [0.717, 1.165) is 19.3 Å². The molecule has 6 heteroatoms. The average Bonchev–Trinajstić information content (AvgIpc) is 2.47. The van der Waals surface area contributed by atoms with Crippen LogP contribution in [0.5, 0.6) is 0 Å². The molecule has 2 rings (SSSR count). The van der Waals surface area contributed by atoms with Crippen LogP contribution in [0.4, 0.5) is 0 Å². The van der Waals surface area contributed by atoms with E-state index in [9.17, 15) is 13.8 Å². The highest BCUT2D eigenvalue weighted by Crippen LogP contribution is 2.27. The number of carboxylic acids is 1. The van der Waals surface area contributed by atoms with Crippen LogP contribution in [0.25, 0.3) is 0 Å². The van der Waals surface area contributed by atoms with Crippen molar-refractivity contribution in [3.05, 3.63) is 0 Å². The van der Waals surface area contributed by atoms with Crippen molar-refractivity contribution in [3.8, 4) is 0 Å². The number of aliphatic carboxylic acids is 1.